The quantitative estimate of drug-likeness (QED) is 0.858. The van der Waals surface area contributed by atoms with E-state index in [-0.39, 0.29) is 6.04 Å². The van der Waals surface area contributed by atoms with E-state index in [0.717, 1.165) is 25.5 Å². The molecule has 1 N–H and O–H groups in total. The van der Waals surface area contributed by atoms with E-state index in [4.69, 9.17) is 0 Å². The Bertz CT molecular complexity index is 662. The van der Waals surface area contributed by atoms with Crippen LogP contribution in [-0.4, -0.2) is 31.7 Å². The van der Waals surface area contributed by atoms with E-state index in [1.807, 2.05) is 18.2 Å². The number of nitrogens with one attached hydrogen (secondary N) is 1. The van der Waals surface area contributed by atoms with Gasteiger partial charge in [0, 0.05) is 18.3 Å². The summed E-state index contributed by atoms with van der Waals surface area (Å²) in [7, 11) is 2.18. The van der Waals surface area contributed by atoms with Gasteiger partial charge in [-0.15, -0.1) is 0 Å². The van der Waals surface area contributed by atoms with E-state index in [2.05, 4.69) is 47.7 Å². The highest BCUT2D eigenvalue weighted by Crippen LogP contribution is 2.35. The van der Waals surface area contributed by atoms with Crippen LogP contribution in [0.1, 0.15) is 17.2 Å². The van der Waals surface area contributed by atoms with Gasteiger partial charge < -0.3 is 5.32 Å². The zero-order valence-electron chi connectivity index (χ0n) is 12.2. The minimum atomic E-state index is 0.266. The lowest BCUT2D eigenvalue weighted by molar-refractivity contribution is 0.197. The number of hydrogen-bond acceptors (Lipinski definition) is 3. The number of pyridine rings is 1. The predicted octanol–water partition coefficient (Wildman–Crippen LogP) is 2.23. The molecule has 2 aromatic rings. The Balaban J connectivity index is 2.10. The average Bonchev–Trinajstić information content (AvgIpc) is 2.56. The van der Waals surface area contributed by atoms with Crippen molar-refractivity contribution in [1.29, 1.82) is 5.26 Å². The molecule has 0 aliphatic carbocycles. The van der Waals surface area contributed by atoms with Crippen LogP contribution in [0.4, 0.5) is 5.82 Å². The van der Waals surface area contributed by atoms with E-state index < -0.39 is 0 Å². The van der Waals surface area contributed by atoms with E-state index in [9.17, 15) is 5.26 Å². The standard InChI is InChI=1S/C17H19N4/c1-21(17-15(12-18)8-5-9-20-17)11-10-19-13-16(21)14-6-3-2-4-7-14/h2-9,16,19H,10-11,13H2,1H3/q+1. The first kappa shape index (κ1) is 13.7. The Morgan fingerprint density at radius 2 is 2.05 bits per heavy atom. The van der Waals surface area contributed by atoms with E-state index in [0.29, 0.717) is 10.0 Å². The summed E-state index contributed by atoms with van der Waals surface area (Å²) in [4.78, 5) is 4.54. The minimum Gasteiger partial charge on any atom is -0.306 e. The number of aromatic nitrogens is 1. The van der Waals surface area contributed by atoms with E-state index >= 15 is 0 Å². The Morgan fingerprint density at radius 1 is 1.24 bits per heavy atom. The number of benzene rings is 1. The molecule has 1 aromatic heterocycles. The second-order valence-electron chi connectivity index (χ2n) is 5.61. The SMILES string of the molecule is C[N+]1(c2ncccc2C#N)CCNCC1c1ccccc1. The lowest BCUT2D eigenvalue weighted by Crippen LogP contribution is -2.59. The highest BCUT2D eigenvalue weighted by Gasteiger charge is 2.41. The molecule has 2 atom stereocenters. The normalized spacial score (nSPS) is 25.2. The second kappa shape index (κ2) is 5.65. The lowest BCUT2D eigenvalue weighted by Gasteiger charge is -2.43. The van der Waals surface area contributed by atoms with Crippen molar-refractivity contribution in [1.82, 2.24) is 14.8 Å². The van der Waals surface area contributed by atoms with Crippen LogP contribution in [0.15, 0.2) is 48.7 Å². The summed E-state index contributed by atoms with van der Waals surface area (Å²) < 4.78 is 0.667. The third-order valence-electron chi connectivity index (χ3n) is 4.35. The monoisotopic (exact) mass is 279 g/mol. The Kier molecular flexibility index (Phi) is 3.70. The molecule has 3 rings (SSSR count). The fourth-order valence-electron chi connectivity index (χ4n) is 3.17. The zero-order valence-corrected chi connectivity index (χ0v) is 12.2. The molecule has 0 radical (unpaired) electrons. The van der Waals surface area contributed by atoms with Crippen LogP contribution in [0, 0.1) is 11.3 Å². The zero-order chi connectivity index (χ0) is 14.7. The van der Waals surface area contributed by atoms with Crippen molar-refractivity contribution in [2.75, 3.05) is 26.7 Å². The van der Waals surface area contributed by atoms with Crippen molar-refractivity contribution in [3.05, 3.63) is 59.8 Å². The molecule has 0 amide bonds. The summed E-state index contributed by atoms with van der Waals surface area (Å²) in [5, 5.41) is 12.9. The van der Waals surface area contributed by atoms with Crippen molar-refractivity contribution in [3.63, 3.8) is 0 Å². The molecule has 0 saturated carbocycles. The number of nitriles is 1. The van der Waals surface area contributed by atoms with E-state index in [1.165, 1.54) is 5.56 Å². The Morgan fingerprint density at radius 3 is 2.81 bits per heavy atom. The van der Waals surface area contributed by atoms with Crippen LogP contribution < -0.4 is 9.80 Å². The smallest absolute Gasteiger partial charge is 0.246 e. The number of likely N-dealkylation sites (N-methyl/N-ethyl adjacent to an activating group) is 1. The van der Waals surface area contributed by atoms with Crippen LogP contribution in [-0.2, 0) is 0 Å². The molecular weight excluding hydrogens is 260 g/mol. The Hall–Kier alpha value is -2.22. The molecule has 4 nitrogen and oxygen atoms in total. The van der Waals surface area contributed by atoms with Gasteiger partial charge in [-0.25, -0.2) is 4.98 Å². The maximum Gasteiger partial charge on any atom is 0.246 e. The third-order valence-corrected chi connectivity index (χ3v) is 4.35. The first-order valence-corrected chi connectivity index (χ1v) is 7.22. The lowest BCUT2D eigenvalue weighted by atomic mass is 9.99. The number of rotatable bonds is 2. The summed E-state index contributed by atoms with van der Waals surface area (Å²) >= 11 is 0. The summed E-state index contributed by atoms with van der Waals surface area (Å²) in [6.07, 6.45) is 1.78. The predicted molar refractivity (Wildman–Crippen MR) is 83.6 cm³/mol. The largest absolute Gasteiger partial charge is 0.306 e. The molecule has 1 fully saturated rings. The average molecular weight is 279 g/mol. The van der Waals surface area contributed by atoms with Gasteiger partial charge in [-0.3, -0.25) is 4.48 Å². The van der Waals surface area contributed by atoms with Crippen LogP contribution >= 0.6 is 0 Å². The highest BCUT2D eigenvalue weighted by molar-refractivity contribution is 5.52. The summed E-state index contributed by atoms with van der Waals surface area (Å²) in [6.45, 7) is 2.74. The molecule has 1 aliphatic heterocycles. The molecular formula is C17H19N4+. The molecule has 21 heavy (non-hydrogen) atoms. The van der Waals surface area contributed by atoms with Gasteiger partial charge in [0.1, 0.15) is 17.7 Å². The summed E-state index contributed by atoms with van der Waals surface area (Å²) in [5.41, 5.74) is 1.95. The molecule has 1 aromatic carbocycles. The van der Waals surface area contributed by atoms with Crippen molar-refractivity contribution < 1.29 is 0 Å². The number of hydrogen-bond donors (Lipinski definition) is 1. The third kappa shape index (κ3) is 2.42. The minimum absolute atomic E-state index is 0.266. The van der Waals surface area contributed by atoms with E-state index in [1.54, 1.807) is 6.20 Å². The molecule has 1 saturated heterocycles. The fraction of sp³-hybridized carbons (Fsp3) is 0.294. The van der Waals surface area contributed by atoms with Gasteiger partial charge in [-0.2, -0.15) is 5.26 Å². The van der Waals surface area contributed by atoms with Gasteiger partial charge in [0.15, 0.2) is 0 Å². The first-order chi connectivity index (χ1) is 10.3. The van der Waals surface area contributed by atoms with Crippen LogP contribution in [0.5, 0.6) is 0 Å². The number of nitrogens with zero attached hydrogens (tertiary/aromatic N) is 3. The summed E-state index contributed by atoms with van der Waals surface area (Å²) in [6, 6.07) is 16.7. The summed E-state index contributed by atoms with van der Waals surface area (Å²) in [5.74, 6) is 0.871. The van der Waals surface area contributed by atoms with Crippen LogP contribution in [0.2, 0.25) is 0 Å². The molecule has 2 heterocycles. The molecule has 2 unspecified atom stereocenters. The van der Waals surface area contributed by atoms with Gasteiger partial charge in [-0.1, -0.05) is 30.3 Å². The maximum atomic E-state index is 9.40. The maximum absolute atomic E-state index is 9.40. The van der Waals surface area contributed by atoms with Crippen molar-refractivity contribution in [2.45, 2.75) is 6.04 Å². The number of quaternary nitrogens is 1. The molecule has 0 spiro atoms. The van der Waals surface area contributed by atoms with Gasteiger partial charge in [0.05, 0.1) is 20.1 Å². The van der Waals surface area contributed by atoms with Crippen LogP contribution in [0.25, 0.3) is 0 Å². The molecule has 106 valence electrons. The first-order valence-electron chi connectivity index (χ1n) is 7.22. The van der Waals surface area contributed by atoms with Crippen molar-refractivity contribution >= 4 is 5.82 Å². The molecule has 1 aliphatic rings. The second-order valence-corrected chi connectivity index (χ2v) is 5.61. The van der Waals surface area contributed by atoms with Gasteiger partial charge in [0.2, 0.25) is 5.82 Å². The Labute approximate surface area is 125 Å². The fourth-order valence-corrected chi connectivity index (χ4v) is 3.17. The van der Waals surface area contributed by atoms with Crippen molar-refractivity contribution in [2.24, 2.45) is 0 Å². The van der Waals surface area contributed by atoms with Gasteiger partial charge in [-0.05, 0) is 12.1 Å². The topological polar surface area (TPSA) is 48.7 Å². The molecule has 0 bridgehead atoms. The number of piperazine rings is 1. The van der Waals surface area contributed by atoms with Gasteiger partial charge >= 0.3 is 0 Å². The van der Waals surface area contributed by atoms with Crippen LogP contribution in [0.3, 0.4) is 0 Å². The van der Waals surface area contributed by atoms with Crippen molar-refractivity contribution in [3.8, 4) is 6.07 Å². The molecule has 4 heteroatoms. The highest BCUT2D eigenvalue weighted by atomic mass is 15.4. The van der Waals surface area contributed by atoms with Gasteiger partial charge in [0.25, 0.3) is 0 Å².